The number of methoxy groups -OCH3 is 1. The molecule has 6 atom stereocenters. The highest BCUT2D eigenvalue weighted by Gasteiger charge is 2.75. The molecule has 312 valence electrons. The highest BCUT2D eigenvalue weighted by Crippen LogP contribution is 2.66. The third kappa shape index (κ3) is 6.85. The Balaban J connectivity index is 1.35. The Morgan fingerprint density at radius 1 is 0.871 bits per heavy atom. The summed E-state index contributed by atoms with van der Waals surface area (Å²) in [6.45, 7) is -0.304. The van der Waals surface area contributed by atoms with Gasteiger partial charge in [0.15, 0.2) is 5.13 Å². The van der Waals surface area contributed by atoms with Crippen LogP contribution in [0.1, 0.15) is 52.4 Å². The number of cyclic esters (lactones) is 1. The number of esters is 1. The number of aromatic hydroxyl groups is 1. The number of nitrogens with zero attached hydrogens (tertiary/aromatic N) is 3. The predicted octanol–water partition coefficient (Wildman–Crippen LogP) is 6.82. The maximum absolute atomic E-state index is 16.1. The normalized spacial score (nSPS) is 22.7. The zero-order valence-corrected chi connectivity index (χ0v) is 34.2. The predicted molar refractivity (Wildman–Crippen MR) is 230 cm³/mol. The molecule has 0 bridgehead atoms. The average molecular weight is 849 g/mol. The number of anilines is 2. The molecule has 0 unspecified atom stereocenters. The molecule has 13 nitrogen and oxygen atoms in total. The summed E-state index contributed by atoms with van der Waals surface area (Å²) in [7, 11) is 1.45. The van der Waals surface area contributed by atoms with E-state index in [0.717, 1.165) is 15.2 Å². The molecule has 3 amide bonds. The first-order valence-electron chi connectivity index (χ1n) is 20.0. The van der Waals surface area contributed by atoms with E-state index in [1.54, 1.807) is 30.3 Å². The number of ether oxygens (including phenoxy) is 3. The van der Waals surface area contributed by atoms with Gasteiger partial charge in [-0.25, -0.2) is 14.7 Å². The third-order valence-electron chi connectivity index (χ3n) is 11.6. The van der Waals surface area contributed by atoms with Crippen LogP contribution in [-0.4, -0.2) is 76.9 Å². The van der Waals surface area contributed by atoms with Gasteiger partial charge in [-0.05, 0) is 64.7 Å². The Morgan fingerprint density at radius 2 is 1.58 bits per heavy atom. The lowest BCUT2D eigenvalue weighted by molar-refractivity contribution is -0.177. The number of hydrogen-bond acceptors (Lipinski definition) is 12. The van der Waals surface area contributed by atoms with Crippen molar-refractivity contribution in [2.24, 2.45) is 5.92 Å². The van der Waals surface area contributed by atoms with Crippen LogP contribution in [0.25, 0.3) is 10.2 Å². The quantitative estimate of drug-likeness (QED) is 0.0794. The Bertz CT molecular complexity index is 2700. The van der Waals surface area contributed by atoms with E-state index in [1.807, 2.05) is 89.8 Å². The molecule has 62 heavy (non-hydrogen) atoms. The van der Waals surface area contributed by atoms with Gasteiger partial charge in [-0.3, -0.25) is 19.3 Å². The van der Waals surface area contributed by atoms with Crippen LogP contribution in [0.2, 0.25) is 0 Å². The minimum atomic E-state index is -2.07. The van der Waals surface area contributed by atoms with E-state index >= 15 is 14.4 Å². The zero-order valence-electron chi connectivity index (χ0n) is 33.3. The number of hydrogen-bond donors (Lipinski definition) is 3. The molecule has 6 aromatic rings. The lowest BCUT2D eigenvalue weighted by Gasteiger charge is -2.46. The van der Waals surface area contributed by atoms with Gasteiger partial charge in [-0.2, -0.15) is 0 Å². The Labute approximate surface area is 360 Å². The molecule has 3 N–H and O–H groups in total. The molecular formula is C48H40N4O9S. The summed E-state index contributed by atoms with van der Waals surface area (Å²) in [5, 5.41) is 23.4. The zero-order chi connectivity index (χ0) is 43.0. The van der Waals surface area contributed by atoms with Crippen LogP contribution >= 0.6 is 11.3 Å². The van der Waals surface area contributed by atoms with E-state index in [2.05, 4.69) is 22.1 Å². The summed E-state index contributed by atoms with van der Waals surface area (Å²) in [5.74, 6) is 2.08. The number of amides is 3. The second-order valence-electron chi connectivity index (χ2n) is 15.1. The van der Waals surface area contributed by atoms with Gasteiger partial charge >= 0.3 is 12.1 Å². The van der Waals surface area contributed by atoms with Crippen molar-refractivity contribution in [3.8, 4) is 17.6 Å². The number of aliphatic hydroxyl groups excluding tert-OH is 1. The fourth-order valence-electron chi connectivity index (χ4n) is 9.23. The molecule has 14 heteroatoms. The van der Waals surface area contributed by atoms with Crippen LogP contribution in [-0.2, 0) is 34.0 Å². The first-order chi connectivity index (χ1) is 30.3. The van der Waals surface area contributed by atoms with E-state index in [1.165, 1.54) is 30.6 Å². The van der Waals surface area contributed by atoms with Crippen LogP contribution in [0.3, 0.4) is 0 Å². The summed E-state index contributed by atoms with van der Waals surface area (Å²) >= 11 is 1.24. The van der Waals surface area contributed by atoms with Crippen molar-refractivity contribution in [3.05, 3.63) is 155 Å². The number of rotatable bonds is 9. The van der Waals surface area contributed by atoms with Gasteiger partial charge in [0.05, 0.1) is 47.1 Å². The van der Waals surface area contributed by atoms with E-state index in [0.29, 0.717) is 22.2 Å². The molecule has 1 aromatic heterocycles. The van der Waals surface area contributed by atoms with Crippen molar-refractivity contribution in [1.82, 2.24) is 9.88 Å². The lowest BCUT2D eigenvalue weighted by Crippen LogP contribution is -2.54. The topological polar surface area (TPSA) is 168 Å². The highest BCUT2D eigenvalue weighted by atomic mass is 32.1. The van der Waals surface area contributed by atoms with E-state index in [9.17, 15) is 15.0 Å². The fraction of sp³-hybridized carbons (Fsp3) is 0.229. The van der Waals surface area contributed by atoms with Crippen molar-refractivity contribution in [3.63, 3.8) is 0 Å². The summed E-state index contributed by atoms with van der Waals surface area (Å²) in [4.78, 5) is 68.8. The molecule has 3 aliphatic rings. The van der Waals surface area contributed by atoms with Gasteiger partial charge in [0.1, 0.15) is 29.9 Å². The SMILES string of the molecule is COCCOC(=O)N1C(=O)[C@@]2(c3cc(C#CCCO)ccc31)[C@H](c1ccc(O)cc1)N1[C@H](c3ccccc3)[C@H](c3ccccc3)OC(=O)[C@H]1[C@@H]2C(=O)Nc1nc2ccccc2s1. The number of aliphatic hydroxyl groups is 1. The molecular weight excluding hydrogens is 809 g/mol. The van der Waals surface area contributed by atoms with Crippen molar-refractivity contribution in [2.75, 3.05) is 37.1 Å². The molecule has 1 spiro atoms. The van der Waals surface area contributed by atoms with Crippen molar-refractivity contribution < 1.29 is 43.6 Å². The van der Waals surface area contributed by atoms with Crippen LogP contribution in [0, 0.1) is 17.8 Å². The molecule has 5 aromatic carbocycles. The van der Waals surface area contributed by atoms with E-state index < -0.39 is 59.4 Å². The summed E-state index contributed by atoms with van der Waals surface area (Å²) in [5.41, 5.74) is 1.27. The Kier molecular flexibility index (Phi) is 11.0. The van der Waals surface area contributed by atoms with Gasteiger partial charge in [0.25, 0.3) is 0 Å². The number of para-hydroxylation sites is 1. The first-order valence-corrected chi connectivity index (χ1v) is 20.9. The van der Waals surface area contributed by atoms with Gasteiger partial charge < -0.3 is 29.7 Å². The Morgan fingerprint density at radius 3 is 2.29 bits per heavy atom. The number of phenols is 1. The summed E-state index contributed by atoms with van der Waals surface area (Å²) in [6, 6.07) is 33.8. The lowest BCUT2D eigenvalue weighted by atomic mass is 9.65. The minimum Gasteiger partial charge on any atom is -0.508 e. The molecule has 0 saturated carbocycles. The third-order valence-corrected chi connectivity index (χ3v) is 12.6. The molecule has 0 radical (unpaired) electrons. The fourth-order valence-corrected chi connectivity index (χ4v) is 10.1. The van der Waals surface area contributed by atoms with Gasteiger partial charge in [0.2, 0.25) is 11.8 Å². The number of benzene rings is 5. The van der Waals surface area contributed by atoms with Crippen molar-refractivity contribution in [2.45, 2.75) is 36.1 Å². The number of aromatic nitrogens is 1. The maximum atomic E-state index is 16.1. The van der Waals surface area contributed by atoms with Gasteiger partial charge in [-0.1, -0.05) is 108 Å². The minimum absolute atomic E-state index is 0.0507. The molecule has 9 rings (SSSR count). The average Bonchev–Trinajstić information content (AvgIpc) is 3.93. The number of nitrogens with one attached hydrogen (secondary N) is 1. The number of phenolic OH excluding ortho intramolecular Hbond substituents is 1. The monoisotopic (exact) mass is 848 g/mol. The van der Waals surface area contributed by atoms with Crippen LogP contribution < -0.4 is 10.2 Å². The van der Waals surface area contributed by atoms with Gasteiger partial charge in [0, 0.05) is 19.1 Å². The first kappa shape index (κ1) is 40.5. The molecule has 3 aliphatic heterocycles. The highest BCUT2D eigenvalue weighted by molar-refractivity contribution is 7.22. The Hall–Kier alpha value is -6.89. The number of morpholine rings is 1. The van der Waals surface area contributed by atoms with Crippen LogP contribution in [0.4, 0.5) is 15.6 Å². The van der Waals surface area contributed by atoms with E-state index in [-0.39, 0.29) is 48.4 Å². The van der Waals surface area contributed by atoms with Crippen molar-refractivity contribution in [1.29, 1.82) is 0 Å². The van der Waals surface area contributed by atoms with Crippen molar-refractivity contribution >= 4 is 56.2 Å². The van der Waals surface area contributed by atoms with Crippen LogP contribution in [0.5, 0.6) is 5.75 Å². The largest absolute Gasteiger partial charge is 0.508 e. The number of imide groups is 1. The summed E-state index contributed by atoms with van der Waals surface area (Å²) in [6.07, 6.45) is -1.76. The standard InChI is InChI=1S/C48H40N4O9S/c1-59-26-27-60-47(58)51-36-24-19-29(12-10-11-25-53)28-34(36)48(45(51)57)38(43(55)50-46-49-35-17-8-9-18-37(35)62-46)40-44(56)61-41(31-15-6-3-7-16-31)39(30-13-4-2-5-14-30)52(40)42(48)32-20-22-33(54)23-21-32/h2-9,13-24,28,38-42,53-54H,11,25-27H2,1H3,(H,49,50,55)/t38-,39-,40-,41+,42+,48-/m1/s1. The molecule has 2 saturated heterocycles. The second kappa shape index (κ2) is 16.9. The molecule has 0 aliphatic carbocycles. The van der Waals surface area contributed by atoms with Crippen LogP contribution in [0.15, 0.2) is 127 Å². The second-order valence-corrected chi connectivity index (χ2v) is 16.1. The molecule has 2 fully saturated rings. The van der Waals surface area contributed by atoms with Gasteiger partial charge in [-0.15, -0.1) is 0 Å². The summed E-state index contributed by atoms with van der Waals surface area (Å²) < 4.78 is 18.1. The van der Waals surface area contributed by atoms with E-state index in [4.69, 9.17) is 14.2 Å². The number of fused-ring (bicyclic) bond motifs is 4. The number of carbonyl (C=O) groups excluding carboxylic acids is 4. The number of thiazole rings is 1. The number of carbonyl (C=O) groups is 4. The maximum Gasteiger partial charge on any atom is 0.421 e. The molecule has 4 heterocycles. The smallest absolute Gasteiger partial charge is 0.421 e.